The van der Waals surface area contributed by atoms with Gasteiger partial charge in [-0.05, 0) is 37.5 Å². The van der Waals surface area contributed by atoms with E-state index >= 15 is 0 Å². The van der Waals surface area contributed by atoms with Gasteiger partial charge in [0.05, 0.1) is 6.20 Å². The van der Waals surface area contributed by atoms with Crippen LogP contribution in [0.25, 0.3) is 5.65 Å². The van der Waals surface area contributed by atoms with Crippen molar-refractivity contribution in [1.29, 1.82) is 0 Å². The largest absolute Gasteiger partial charge is 0.433 e. The Hall–Kier alpha value is -2.94. The number of hydrogen-bond acceptors (Lipinski definition) is 4. The van der Waals surface area contributed by atoms with Crippen molar-refractivity contribution in [2.45, 2.75) is 39.0 Å². The van der Waals surface area contributed by atoms with Crippen LogP contribution in [0.1, 0.15) is 39.8 Å². The molecule has 1 aromatic carbocycles. The second-order valence-electron chi connectivity index (χ2n) is 7.70. The van der Waals surface area contributed by atoms with Crippen molar-refractivity contribution in [3.8, 4) is 0 Å². The van der Waals surface area contributed by atoms with E-state index in [0.717, 1.165) is 31.8 Å². The monoisotopic (exact) mass is 417 g/mol. The normalized spacial score (nSPS) is 15.8. The Labute approximate surface area is 171 Å². The fraction of sp³-hybridized carbons (Fsp3) is 0.381. The van der Waals surface area contributed by atoms with Crippen LogP contribution in [0.3, 0.4) is 0 Å². The molecule has 30 heavy (non-hydrogen) atoms. The van der Waals surface area contributed by atoms with Gasteiger partial charge in [0.1, 0.15) is 11.3 Å². The molecule has 0 spiro atoms. The van der Waals surface area contributed by atoms with Gasteiger partial charge in [-0.1, -0.05) is 24.3 Å². The highest BCUT2D eigenvalue weighted by Gasteiger charge is 2.35. The first-order valence-electron chi connectivity index (χ1n) is 9.75. The van der Waals surface area contributed by atoms with E-state index in [1.165, 1.54) is 18.1 Å². The molecule has 0 bridgehead atoms. The highest BCUT2D eigenvalue weighted by atomic mass is 19.4. The van der Waals surface area contributed by atoms with E-state index in [0.29, 0.717) is 11.1 Å². The van der Waals surface area contributed by atoms with Gasteiger partial charge >= 0.3 is 6.18 Å². The Morgan fingerprint density at radius 2 is 2.00 bits per heavy atom. The maximum Gasteiger partial charge on any atom is 0.433 e. The van der Waals surface area contributed by atoms with Gasteiger partial charge in [-0.3, -0.25) is 9.69 Å². The summed E-state index contributed by atoms with van der Waals surface area (Å²) in [6.45, 7) is 5.68. The van der Waals surface area contributed by atoms with Gasteiger partial charge < -0.3 is 5.32 Å². The summed E-state index contributed by atoms with van der Waals surface area (Å²) in [5.41, 5.74) is 1.77. The number of carbonyl (C=O) groups excluding carboxylic acids is 1. The molecule has 0 saturated carbocycles. The lowest BCUT2D eigenvalue weighted by molar-refractivity contribution is -0.142. The number of alkyl halides is 3. The summed E-state index contributed by atoms with van der Waals surface area (Å²) in [6, 6.07) is 9.02. The Bertz CT molecular complexity index is 1090. The summed E-state index contributed by atoms with van der Waals surface area (Å²) >= 11 is 0. The number of aromatic nitrogens is 3. The number of nitrogens with one attached hydrogen (secondary N) is 1. The molecule has 1 aliphatic heterocycles. The summed E-state index contributed by atoms with van der Waals surface area (Å²) in [5.74, 6) is -0.485. The van der Waals surface area contributed by atoms with Gasteiger partial charge in [-0.15, -0.1) is 0 Å². The van der Waals surface area contributed by atoms with Crippen molar-refractivity contribution in [3.05, 3.63) is 64.6 Å². The van der Waals surface area contributed by atoms with E-state index < -0.39 is 17.8 Å². The fourth-order valence-electron chi connectivity index (χ4n) is 3.89. The average Bonchev–Trinajstić information content (AvgIpc) is 3.10. The zero-order valence-corrected chi connectivity index (χ0v) is 16.7. The molecule has 0 saturated heterocycles. The van der Waals surface area contributed by atoms with Crippen LogP contribution < -0.4 is 5.32 Å². The van der Waals surface area contributed by atoms with Crippen LogP contribution in [-0.2, 0) is 19.1 Å². The highest BCUT2D eigenvalue weighted by Crippen LogP contribution is 2.30. The Morgan fingerprint density at radius 1 is 1.27 bits per heavy atom. The average molecular weight is 417 g/mol. The smallest absolute Gasteiger partial charge is 0.348 e. The lowest BCUT2D eigenvalue weighted by atomic mass is 10.00. The molecular formula is C21H22F3N5O. The first-order chi connectivity index (χ1) is 14.2. The molecule has 4 rings (SSSR count). The topological polar surface area (TPSA) is 62.5 Å². The van der Waals surface area contributed by atoms with E-state index in [4.69, 9.17) is 0 Å². The first-order valence-corrected chi connectivity index (χ1v) is 9.75. The van der Waals surface area contributed by atoms with Gasteiger partial charge in [0, 0.05) is 31.4 Å². The summed E-state index contributed by atoms with van der Waals surface area (Å²) in [7, 11) is 0. The molecule has 158 valence electrons. The fourth-order valence-corrected chi connectivity index (χ4v) is 3.89. The third-order valence-corrected chi connectivity index (χ3v) is 5.25. The van der Waals surface area contributed by atoms with Crippen LogP contribution in [0.15, 0.2) is 36.5 Å². The molecule has 3 heterocycles. The summed E-state index contributed by atoms with van der Waals surface area (Å²) in [4.78, 5) is 19.1. The molecule has 1 amide bonds. The van der Waals surface area contributed by atoms with E-state index in [9.17, 15) is 18.0 Å². The second kappa shape index (κ2) is 7.71. The summed E-state index contributed by atoms with van der Waals surface area (Å²) in [6.07, 6.45) is -2.51. The van der Waals surface area contributed by atoms with Crippen molar-refractivity contribution in [2.75, 3.05) is 13.1 Å². The van der Waals surface area contributed by atoms with E-state index in [1.54, 1.807) is 0 Å². The number of aryl methyl sites for hydroxylation is 1. The Morgan fingerprint density at radius 3 is 2.73 bits per heavy atom. The van der Waals surface area contributed by atoms with Crippen molar-refractivity contribution in [1.82, 2.24) is 24.8 Å². The highest BCUT2D eigenvalue weighted by molar-refractivity contribution is 5.99. The third-order valence-electron chi connectivity index (χ3n) is 5.25. The molecule has 9 heteroatoms. The molecule has 2 aromatic heterocycles. The number of benzene rings is 1. The maximum absolute atomic E-state index is 13.3. The van der Waals surface area contributed by atoms with E-state index in [2.05, 4.69) is 32.4 Å². The van der Waals surface area contributed by atoms with Gasteiger partial charge in [-0.25, -0.2) is 9.50 Å². The minimum atomic E-state index is -4.59. The number of fused-ring (bicyclic) bond motifs is 2. The standard InChI is InChI=1S/C21H22F3N5O/c1-13-9-18(21(22,23)24)29-19(26-13)17(10-25-29)20(30)27-14(2)11-28-8-7-15-5-3-4-6-16(15)12-28/h3-6,9-10,14H,7-8,11-12H2,1-2H3,(H,27,30)/t14-/m1/s1. The number of nitrogens with zero attached hydrogens (tertiary/aromatic N) is 4. The number of carbonyl (C=O) groups is 1. The Kier molecular flexibility index (Phi) is 5.23. The van der Waals surface area contributed by atoms with Crippen molar-refractivity contribution in [3.63, 3.8) is 0 Å². The molecule has 0 unspecified atom stereocenters. The van der Waals surface area contributed by atoms with Crippen LogP contribution >= 0.6 is 0 Å². The van der Waals surface area contributed by atoms with Gasteiger partial charge in [0.2, 0.25) is 0 Å². The van der Waals surface area contributed by atoms with E-state index in [-0.39, 0.29) is 22.9 Å². The zero-order chi connectivity index (χ0) is 21.5. The molecule has 0 radical (unpaired) electrons. The molecular weight excluding hydrogens is 395 g/mol. The van der Waals surface area contributed by atoms with Gasteiger partial charge in [-0.2, -0.15) is 18.3 Å². The molecule has 0 fully saturated rings. The molecule has 0 aliphatic carbocycles. The van der Waals surface area contributed by atoms with Crippen LogP contribution in [0.4, 0.5) is 13.2 Å². The summed E-state index contributed by atoms with van der Waals surface area (Å²) < 4.78 is 40.5. The predicted molar refractivity (Wildman–Crippen MR) is 105 cm³/mol. The van der Waals surface area contributed by atoms with E-state index in [1.807, 2.05) is 19.1 Å². The minimum absolute atomic E-state index is 0.0278. The number of amides is 1. The number of rotatable bonds is 4. The van der Waals surface area contributed by atoms with Gasteiger partial charge in [0.25, 0.3) is 5.91 Å². The van der Waals surface area contributed by atoms with Crippen LogP contribution in [0.5, 0.6) is 0 Å². The van der Waals surface area contributed by atoms with Crippen molar-refractivity contribution >= 4 is 11.6 Å². The second-order valence-corrected chi connectivity index (χ2v) is 7.70. The predicted octanol–water partition coefficient (Wildman–Crippen LogP) is 3.23. The third kappa shape index (κ3) is 4.02. The van der Waals surface area contributed by atoms with Crippen LogP contribution in [0, 0.1) is 6.92 Å². The Balaban J connectivity index is 1.48. The maximum atomic E-state index is 13.3. The van der Waals surface area contributed by atoms with Crippen LogP contribution in [0.2, 0.25) is 0 Å². The molecule has 1 aliphatic rings. The summed E-state index contributed by atoms with van der Waals surface area (Å²) in [5, 5.41) is 6.63. The van der Waals surface area contributed by atoms with Crippen molar-refractivity contribution in [2.24, 2.45) is 0 Å². The molecule has 6 nitrogen and oxygen atoms in total. The molecule has 1 N–H and O–H groups in total. The molecule has 1 atom stereocenters. The minimum Gasteiger partial charge on any atom is -0.348 e. The lowest BCUT2D eigenvalue weighted by Crippen LogP contribution is -2.43. The first kappa shape index (κ1) is 20.3. The quantitative estimate of drug-likeness (QED) is 0.708. The number of halogens is 3. The van der Waals surface area contributed by atoms with Crippen LogP contribution in [-0.4, -0.2) is 44.5 Å². The lowest BCUT2D eigenvalue weighted by Gasteiger charge is -2.31. The molecule has 3 aromatic rings. The SMILES string of the molecule is Cc1cc(C(F)(F)F)n2ncc(C(=O)N[C@H](C)CN3CCc4ccccc4C3)c2n1. The number of hydrogen-bond donors (Lipinski definition) is 1. The zero-order valence-electron chi connectivity index (χ0n) is 16.7. The van der Waals surface area contributed by atoms with Crippen molar-refractivity contribution < 1.29 is 18.0 Å². The van der Waals surface area contributed by atoms with Gasteiger partial charge in [0.15, 0.2) is 5.65 Å².